The van der Waals surface area contributed by atoms with Crippen LogP contribution in [0.1, 0.15) is 42.0 Å². The molecule has 3 unspecified atom stereocenters. The molecule has 138 valence electrons. The summed E-state index contributed by atoms with van der Waals surface area (Å²) in [6.07, 6.45) is 1.87. The second kappa shape index (κ2) is 8.00. The molecule has 1 saturated carbocycles. The molecule has 0 heterocycles. The summed E-state index contributed by atoms with van der Waals surface area (Å²) in [5.74, 6) is 0.0812. The maximum Gasteiger partial charge on any atom is 0.223 e. The van der Waals surface area contributed by atoms with Gasteiger partial charge in [-0.1, -0.05) is 43.3 Å². The minimum atomic E-state index is -0.238. The summed E-state index contributed by atoms with van der Waals surface area (Å²) in [5.41, 5.74) is 3.57. The lowest BCUT2D eigenvalue weighted by Gasteiger charge is -2.25. The SMILES string of the molecule is CCc1ccc(C(CNC(=O)C2CC2c2ccc(F)cc2)N(C)C)cc1. The Bertz CT molecular complexity index is 740. The van der Waals surface area contributed by atoms with Gasteiger partial charge >= 0.3 is 0 Å². The van der Waals surface area contributed by atoms with E-state index in [1.54, 1.807) is 12.1 Å². The first-order chi connectivity index (χ1) is 12.5. The number of aryl methyl sites for hydroxylation is 1. The molecule has 1 amide bonds. The monoisotopic (exact) mass is 354 g/mol. The standard InChI is InChI=1S/C22H27FN2O/c1-4-15-5-7-17(8-6-15)21(25(2)3)14-24-22(26)20-13-19(20)16-9-11-18(23)12-10-16/h5-12,19-21H,4,13-14H2,1-3H3,(H,24,26). The van der Waals surface area contributed by atoms with Crippen LogP contribution in [0.25, 0.3) is 0 Å². The lowest BCUT2D eigenvalue weighted by Crippen LogP contribution is -2.35. The Kier molecular flexibility index (Phi) is 5.72. The number of rotatable bonds is 7. The number of nitrogens with one attached hydrogen (secondary N) is 1. The van der Waals surface area contributed by atoms with Crippen LogP contribution < -0.4 is 5.32 Å². The zero-order valence-corrected chi connectivity index (χ0v) is 15.7. The number of hydrogen-bond acceptors (Lipinski definition) is 2. The summed E-state index contributed by atoms with van der Waals surface area (Å²) >= 11 is 0. The fraction of sp³-hybridized carbons (Fsp3) is 0.409. The van der Waals surface area contributed by atoms with Gasteiger partial charge in [-0.2, -0.15) is 0 Å². The van der Waals surface area contributed by atoms with E-state index in [-0.39, 0.29) is 29.6 Å². The van der Waals surface area contributed by atoms with Crippen LogP contribution in [0, 0.1) is 11.7 Å². The molecule has 3 atom stereocenters. The lowest BCUT2D eigenvalue weighted by molar-refractivity contribution is -0.122. The van der Waals surface area contributed by atoms with Crippen molar-refractivity contribution >= 4 is 5.91 Å². The van der Waals surface area contributed by atoms with Gasteiger partial charge < -0.3 is 10.2 Å². The normalized spacial score (nSPS) is 20.0. The highest BCUT2D eigenvalue weighted by Gasteiger charge is 2.43. The fourth-order valence-corrected chi connectivity index (χ4v) is 3.47. The van der Waals surface area contributed by atoms with Crippen molar-refractivity contribution in [1.29, 1.82) is 0 Å². The van der Waals surface area contributed by atoms with Crippen LogP contribution in [-0.2, 0) is 11.2 Å². The van der Waals surface area contributed by atoms with Gasteiger partial charge in [-0.15, -0.1) is 0 Å². The summed E-state index contributed by atoms with van der Waals surface area (Å²) in [6, 6.07) is 15.2. The Morgan fingerprint density at radius 3 is 2.38 bits per heavy atom. The minimum absolute atomic E-state index is 0.00532. The highest BCUT2D eigenvalue weighted by atomic mass is 19.1. The van der Waals surface area contributed by atoms with Crippen LogP contribution in [0.3, 0.4) is 0 Å². The molecule has 0 aromatic heterocycles. The first-order valence-electron chi connectivity index (χ1n) is 9.28. The van der Waals surface area contributed by atoms with Gasteiger partial charge in [0, 0.05) is 12.5 Å². The first kappa shape index (κ1) is 18.6. The minimum Gasteiger partial charge on any atom is -0.354 e. The summed E-state index contributed by atoms with van der Waals surface area (Å²) in [5, 5.41) is 3.11. The molecule has 0 aliphatic heterocycles. The van der Waals surface area contributed by atoms with Crippen molar-refractivity contribution < 1.29 is 9.18 Å². The van der Waals surface area contributed by atoms with Crippen LogP contribution in [0.2, 0.25) is 0 Å². The van der Waals surface area contributed by atoms with Gasteiger partial charge in [0.15, 0.2) is 0 Å². The third-order valence-corrected chi connectivity index (χ3v) is 5.29. The van der Waals surface area contributed by atoms with E-state index in [1.807, 2.05) is 14.1 Å². The van der Waals surface area contributed by atoms with E-state index >= 15 is 0 Å². The van der Waals surface area contributed by atoms with Gasteiger partial charge in [0.05, 0.1) is 6.04 Å². The first-order valence-corrected chi connectivity index (χ1v) is 9.28. The van der Waals surface area contributed by atoms with Crippen molar-refractivity contribution in [1.82, 2.24) is 10.2 Å². The molecule has 2 aromatic carbocycles. The van der Waals surface area contributed by atoms with Crippen LogP contribution in [0.15, 0.2) is 48.5 Å². The molecule has 3 rings (SSSR count). The number of likely N-dealkylation sites (N-methyl/N-ethyl adjacent to an activating group) is 1. The Balaban J connectivity index is 1.57. The Labute approximate surface area is 155 Å². The van der Waals surface area contributed by atoms with Crippen molar-refractivity contribution in [3.05, 3.63) is 71.0 Å². The summed E-state index contributed by atoms with van der Waals surface area (Å²) in [7, 11) is 4.06. The van der Waals surface area contributed by atoms with Crippen molar-refractivity contribution in [2.45, 2.75) is 31.7 Å². The molecule has 1 N–H and O–H groups in total. The second-order valence-corrected chi connectivity index (χ2v) is 7.32. The summed E-state index contributed by atoms with van der Waals surface area (Å²) in [6.45, 7) is 2.73. The van der Waals surface area contributed by atoms with E-state index in [1.165, 1.54) is 23.3 Å². The number of nitrogens with zero attached hydrogens (tertiary/aromatic N) is 1. The van der Waals surface area contributed by atoms with Crippen LogP contribution in [-0.4, -0.2) is 31.4 Å². The summed E-state index contributed by atoms with van der Waals surface area (Å²) < 4.78 is 13.0. The molecule has 0 saturated heterocycles. The number of benzene rings is 2. The molecule has 26 heavy (non-hydrogen) atoms. The predicted molar refractivity (Wildman–Crippen MR) is 103 cm³/mol. The predicted octanol–water partition coefficient (Wildman–Crippen LogP) is 3.91. The van der Waals surface area contributed by atoms with E-state index in [9.17, 15) is 9.18 Å². The second-order valence-electron chi connectivity index (χ2n) is 7.32. The largest absolute Gasteiger partial charge is 0.354 e. The molecule has 1 aliphatic rings. The highest BCUT2D eigenvalue weighted by molar-refractivity contribution is 5.82. The van der Waals surface area contributed by atoms with Crippen LogP contribution in [0.5, 0.6) is 0 Å². The Hall–Kier alpha value is -2.20. The van der Waals surface area contributed by atoms with Crippen LogP contribution in [0.4, 0.5) is 4.39 Å². The third-order valence-electron chi connectivity index (χ3n) is 5.29. The lowest BCUT2D eigenvalue weighted by atomic mass is 10.0. The Morgan fingerprint density at radius 2 is 1.81 bits per heavy atom. The van der Waals surface area contributed by atoms with Crippen molar-refractivity contribution in [3.8, 4) is 0 Å². The molecule has 1 fully saturated rings. The van der Waals surface area contributed by atoms with Gasteiger partial charge in [-0.3, -0.25) is 4.79 Å². The molecule has 3 nitrogen and oxygen atoms in total. The van der Waals surface area contributed by atoms with Gasteiger partial charge in [0.2, 0.25) is 5.91 Å². The topological polar surface area (TPSA) is 32.3 Å². The van der Waals surface area contributed by atoms with E-state index in [2.05, 4.69) is 41.4 Å². The van der Waals surface area contributed by atoms with E-state index in [4.69, 9.17) is 0 Å². The average molecular weight is 354 g/mol. The van der Waals surface area contributed by atoms with E-state index in [0.717, 1.165) is 18.4 Å². The maximum absolute atomic E-state index is 13.0. The molecule has 1 aliphatic carbocycles. The van der Waals surface area contributed by atoms with Gasteiger partial charge in [0.1, 0.15) is 5.82 Å². The van der Waals surface area contributed by atoms with Gasteiger partial charge in [-0.05, 0) is 61.7 Å². The zero-order chi connectivity index (χ0) is 18.7. The molecule has 0 spiro atoms. The number of halogens is 1. The number of carbonyl (C=O) groups is 1. The third kappa shape index (κ3) is 4.31. The van der Waals surface area contributed by atoms with E-state index in [0.29, 0.717) is 6.54 Å². The molecule has 2 aromatic rings. The smallest absolute Gasteiger partial charge is 0.223 e. The van der Waals surface area contributed by atoms with Crippen LogP contribution >= 0.6 is 0 Å². The van der Waals surface area contributed by atoms with E-state index < -0.39 is 0 Å². The molecular weight excluding hydrogens is 327 g/mol. The van der Waals surface area contributed by atoms with Crippen molar-refractivity contribution in [2.75, 3.05) is 20.6 Å². The highest BCUT2D eigenvalue weighted by Crippen LogP contribution is 2.47. The molecule has 0 bridgehead atoms. The van der Waals surface area contributed by atoms with Crippen molar-refractivity contribution in [3.63, 3.8) is 0 Å². The number of carbonyl (C=O) groups excluding carboxylic acids is 1. The molecule has 4 heteroatoms. The Morgan fingerprint density at radius 1 is 1.15 bits per heavy atom. The van der Waals surface area contributed by atoms with Gasteiger partial charge in [0.25, 0.3) is 0 Å². The quantitative estimate of drug-likeness (QED) is 0.818. The fourth-order valence-electron chi connectivity index (χ4n) is 3.47. The molecular formula is C22H27FN2O. The van der Waals surface area contributed by atoms with Crippen molar-refractivity contribution in [2.24, 2.45) is 5.92 Å². The maximum atomic E-state index is 13.0. The number of hydrogen-bond donors (Lipinski definition) is 1. The molecule has 0 radical (unpaired) electrons. The number of amides is 1. The summed E-state index contributed by atoms with van der Waals surface area (Å²) in [4.78, 5) is 14.6. The van der Waals surface area contributed by atoms with Gasteiger partial charge in [-0.25, -0.2) is 4.39 Å². The zero-order valence-electron chi connectivity index (χ0n) is 15.7. The average Bonchev–Trinajstić information content (AvgIpc) is 3.43.